The van der Waals surface area contributed by atoms with Gasteiger partial charge in [0.1, 0.15) is 6.04 Å². The Hall–Kier alpha value is -0.920. The van der Waals surface area contributed by atoms with Gasteiger partial charge in [-0.1, -0.05) is 25.5 Å². The predicted octanol–water partition coefficient (Wildman–Crippen LogP) is 2.29. The molecule has 106 valence electrons. The SMILES string of the molecule is CCCC(NS(=O)(=O)c1cccc(C)c1Br)C(=O)O. The normalized spacial score (nSPS) is 13.2. The zero-order chi connectivity index (χ0) is 14.6. The van der Waals surface area contributed by atoms with E-state index in [-0.39, 0.29) is 11.3 Å². The Bertz CT molecular complexity index is 571. The molecule has 0 radical (unpaired) electrons. The van der Waals surface area contributed by atoms with Crippen molar-refractivity contribution in [3.05, 3.63) is 28.2 Å². The zero-order valence-corrected chi connectivity index (χ0v) is 13.1. The van der Waals surface area contributed by atoms with E-state index in [9.17, 15) is 13.2 Å². The number of carbonyl (C=O) groups is 1. The van der Waals surface area contributed by atoms with E-state index < -0.39 is 22.0 Å². The van der Waals surface area contributed by atoms with Crippen LogP contribution in [0.1, 0.15) is 25.3 Å². The minimum Gasteiger partial charge on any atom is -0.480 e. The van der Waals surface area contributed by atoms with Crippen LogP contribution in [0.2, 0.25) is 0 Å². The molecular formula is C12H16BrNO4S. The minimum absolute atomic E-state index is 0.0508. The van der Waals surface area contributed by atoms with E-state index in [1.165, 1.54) is 6.07 Å². The summed E-state index contributed by atoms with van der Waals surface area (Å²) in [5.41, 5.74) is 0.769. The van der Waals surface area contributed by atoms with Crippen LogP contribution in [0.15, 0.2) is 27.6 Å². The van der Waals surface area contributed by atoms with Crippen molar-refractivity contribution < 1.29 is 18.3 Å². The first-order chi connectivity index (χ1) is 8.79. The Morgan fingerprint density at radius 2 is 2.11 bits per heavy atom. The minimum atomic E-state index is -3.86. The second-order valence-electron chi connectivity index (χ2n) is 4.19. The predicted molar refractivity (Wildman–Crippen MR) is 75.5 cm³/mol. The molecule has 7 heteroatoms. The van der Waals surface area contributed by atoms with Crippen LogP contribution in [0.3, 0.4) is 0 Å². The largest absolute Gasteiger partial charge is 0.480 e. The first-order valence-electron chi connectivity index (χ1n) is 5.80. The number of carboxylic acid groups (broad SMARTS) is 1. The first kappa shape index (κ1) is 16.1. The summed E-state index contributed by atoms with van der Waals surface area (Å²) in [6.45, 7) is 3.57. The highest BCUT2D eigenvalue weighted by molar-refractivity contribution is 9.10. The van der Waals surface area contributed by atoms with Crippen molar-refractivity contribution in [1.82, 2.24) is 4.72 Å². The first-order valence-corrected chi connectivity index (χ1v) is 8.07. The molecule has 1 rings (SSSR count). The highest BCUT2D eigenvalue weighted by Gasteiger charge is 2.26. The third-order valence-electron chi connectivity index (χ3n) is 2.62. The third kappa shape index (κ3) is 4.02. The number of benzene rings is 1. The van der Waals surface area contributed by atoms with E-state index in [4.69, 9.17) is 5.11 Å². The smallest absolute Gasteiger partial charge is 0.321 e. The van der Waals surface area contributed by atoms with E-state index in [0.29, 0.717) is 10.9 Å². The summed E-state index contributed by atoms with van der Waals surface area (Å²) < 4.78 is 27.0. The molecule has 0 bridgehead atoms. The van der Waals surface area contributed by atoms with Gasteiger partial charge in [0.25, 0.3) is 0 Å². The van der Waals surface area contributed by atoms with Gasteiger partial charge in [0.05, 0.1) is 4.90 Å². The second-order valence-corrected chi connectivity index (χ2v) is 6.66. The van der Waals surface area contributed by atoms with E-state index in [0.717, 1.165) is 5.56 Å². The van der Waals surface area contributed by atoms with Gasteiger partial charge in [-0.15, -0.1) is 0 Å². The van der Waals surface area contributed by atoms with E-state index >= 15 is 0 Å². The van der Waals surface area contributed by atoms with Crippen molar-refractivity contribution in [1.29, 1.82) is 0 Å². The summed E-state index contributed by atoms with van der Waals surface area (Å²) in [5, 5.41) is 9.00. The molecule has 2 N–H and O–H groups in total. The zero-order valence-electron chi connectivity index (χ0n) is 10.7. The molecule has 0 aliphatic carbocycles. The average Bonchev–Trinajstić information content (AvgIpc) is 2.31. The summed E-state index contributed by atoms with van der Waals surface area (Å²) >= 11 is 3.22. The van der Waals surface area contributed by atoms with Crippen LogP contribution < -0.4 is 4.72 Å². The molecule has 0 fully saturated rings. The quantitative estimate of drug-likeness (QED) is 0.825. The highest BCUT2D eigenvalue weighted by Crippen LogP contribution is 2.25. The summed E-state index contributed by atoms with van der Waals surface area (Å²) in [6, 6.07) is 3.71. The molecule has 1 unspecified atom stereocenters. The highest BCUT2D eigenvalue weighted by atomic mass is 79.9. The van der Waals surface area contributed by atoms with Gasteiger partial charge in [-0.2, -0.15) is 4.72 Å². The van der Waals surface area contributed by atoms with Gasteiger partial charge in [0, 0.05) is 4.47 Å². The maximum absolute atomic E-state index is 12.2. The third-order valence-corrected chi connectivity index (χ3v) is 5.45. The van der Waals surface area contributed by atoms with E-state index in [1.54, 1.807) is 26.0 Å². The maximum atomic E-state index is 12.2. The van der Waals surface area contributed by atoms with Crippen LogP contribution >= 0.6 is 15.9 Å². The molecular weight excluding hydrogens is 334 g/mol. The van der Waals surface area contributed by atoms with Gasteiger partial charge in [-0.25, -0.2) is 8.42 Å². The number of nitrogens with one attached hydrogen (secondary N) is 1. The van der Waals surface area contributed by atoms with Crippen molar-refractivity contribution in [2.45, 2.75) is 37.6 Å². The molecule has 0 aliphatic heterocycles. The number of aliphatic carboxylic acids is 1. The number of halogens is 1. The van der Waals surface area contributed by atoms with E-state index in [2.05, 4.69) is 20.7 Å². The number of hydrogen-bond donors (Lipinski definition) is 2. The van der Waals surface area contributed by atoms with E-state index in [1.807, 2.05) is 0 Å². The molecule has 1 aromatic carbocycles. The van der Waals surface area contributed by atoms with Crippen LogP contribution in [0.5, 0.6) is 0 Å². The van der Waals surface area contributed by atoms with Crippen LogP contribution in [0.4, 0.5) is 0 Å². The molecule has 0 spiro atoms. The van der Waals surface area contributed by atoms with Gasteiger partial charge >= 0.3 is 5.97 Å². The van der Waals surface area contributed by atoms with Crippen molar-refractivity contribution in [3.63, 3.8) is 0 Å². The molecule has 19 heavy (non-hydrogen) atoms. The lowest BCUT2D eigenvalue weighted by molar-refractivity contribution is -0.139. The lowest BCUT2D eigenvalue weighted by Gasteiger charge is -2.15. The number of hydrogen-bond acceptors (Lipinski definition) is 3. The number of aryl methyl sites for hydroxylation is 1. The van der Waals surface area contributed by atoms with Crippen molar-refractivity contribution in [2.24, 2.45) is 0 Å². The molecule has 0 aliphatic rings. The maximum Gasteiger partial charge on any atom is 0.321 e. The lowest BCUT2D eigenvalue weighted by Crippen LogP contribution is -2.40. The van der Waals surface area contributed by atoms with Gasteiger partial charge in [-0.05, 0) is 40.9 Å². The van der Waals surface area contributed by atoms with Crippen LogP contribution in [-0.4, -0.2) is 25.5 Å². The number of rotatable bonds is 6. The molecule has 0 amide bonds. The molecule has 1 atom stereocenters. The van der Waals surface area contributed by atoms with Crippen LogP contribution in [-0.2, 0) is 14.8 Å². The Balaban J connectivity index is 3.10. The van der Waals surface area contributed by atoms with Crippen LogP contribution in [0.25, 0.3) is 0 Å². The fourth-order valence-electron chi connectivity index (χ4n) is 1.60. The molecule has 0 saturated carbocycles. The summed E-state index contributed by atoms with van der Waals surface area (Å²) in [7, 11) is -3.86. The fourth-order valence-corrected chi connectivity index (χ4v) is 3.88. The van der Waals surface area contributed by atoms with Gasteiger partial charge in [0.2, 0.25) is 10.0 Å². The van der Waals surface area contributed by atoms with Gasteiger partial charge in [-0.3, -0.25) is 4.79 Å². The Kier molecular flexibility index (Phi) is 5.51. The molecule has 1 aromatic rings. The summed E-state index contributed by atoms with van der Waals surface area (Å²) in [5.74, 6) is -1.17. The summed E-state index contributed by atoms with van der Waals surface area (Å²) in [4.78, 5) is 11.1. The Labute approximate surface area is 121 Å². The van der Waals surface area contributed by atoms with Crippen molar-refractivity contribution in [2.75, 3.05) is 0 Å². The lowest BCUT2D eigenvalue weighted by atomic mass is 10.2. The summed E-state index contributed by atoms with van der Waals surface area (Å²) in [6.07, 6.45) is 0.826. The van der Waals surface area contributed by atoms with Crippen molar-refractivity contribution >= 4 is 31.9 Å². The number of sulfonamides is 1. The van der Waals surface area contributed by atoms with Crippen molar-refractivity contribution in [3.8, 4) is 0 Å². The monoisotopic (exact) mass is 349 g/mol. The van der Waals surface area contributed by atoms with Gasteiger partial charge in [0.15, 0.2) is 0 Å². The standard InChI is InChI=1S/C12H16BrNO4S/c1-3-5-9(12(15)16)14-19(17,18)10-7-4-6-8(2)11(10)13/h4,6-7,9,14H,3,5H2,1-2H3,(H,15,16). The Morgan fingerprint density at radius 3 is 2.63 bits per heavy atom. The molecule has 0 saturated heterocycles. The number of carboxylic acids is 1. The molecule has 5 nitrogen and oxygen atoms in total. The Morgan fingerprint density at radius 1 is 1.47 bits per heavy atom. The topological polar surface area (TPSA) is 83.5 Å². The van der Waals surface area contributed by atoms with Crippen LogP contribution in [0, 0.1) is 6.92 Å². The second kappa shape index (κ2) is 6.49. The molecule has 0 aromatic heterocycles. The van der Waals surface area contributed by atoms with Gasteiger partial charge < -0.3 is 5.11 Å². The molecule has 0 heterocycles. The fraction of sp³-hybridized carbons (Fsp3) is 0.417. The average molecular weight is 350 g/mol.